The number of H-pyrrole nitrogens is 1. The van der Waals surface area contributed by atoms with Crippen LogP contribution in [0.3, 0.4) is 0 Å². The van der Waals surface area contributed by atoms with E-state index in [9.17, 15) is 9.18 Å². The first kappa shape index (κ1) is 20.8. The Morgan fingerprint density at radius 1 is 0.793 bits per heavy atom. The second kappa shape index (κ2) is 7.50. The molecule has 152 valence electrons. The van der Waals surface area contributed by atoms with Crippen molar-refractivity contribution in [3.05, 3.63) is 61.5 Å². The molecule has 0 saturated carbocycles. The van der Waals surface area contributed by atoms with E-state index in [0.29, 0.717) is 22.5 Å². The standard InChI is InChI=1S/C23H27FN4O/c1-10-12(3)18(16(7)21(14(10)5)23-25-27-28-26-23)9-19(29)20-13(4)11(2)15(6)22(24)17(20)8/h9H2,1-8H3,(H,25,26,27,28). The van der Waals surface area contributed by atoms with Gasteiger partial charge in [0.2, 0.25) is 5.82 Å². The number of aromatic amines is 1. The summed E-state index contributed by atoms with van der Waals surface area (Å²) in [5, 5.41) is 14.4. The number of rotatable bonds is 4. The van der Waals surface area contributed by atoms with E-state index in [-0.39, 0.29) is 18.0 Å². The van der Waals surface area contributed by atoms with Crippen LogP contribution in [0.4, 0.5) is 4.39 Å². The average Bonchev–Trinajstić information content (AvgIpc) is 3.21. The monoisotopic (exact) mass is 394 g/mol. The zero-order valence-corrected chi connectivity index (χ0v) is 18.3. The first-order valence-corrected chi connectivity index (χ1v) is 9.69. The predicted molar refractivity (Wildman–Crippen MR) is 112 cm³/mol. The van der Waals surface area contributed by atoms with Crippen LogP contribution in [0, 0.1) is 61.2 Å². The van der Waals surface area contributed by atoms with Gasteiger partial charge in [-0.2, -0.15) is 5.21 Å². The van der Waals surface area contributed by atoms with E-state index >= 15 is 0 Å². The number of benzene rings is 2. The first-order chi connectivity index (χ1) is 13.6. The van der Waals surface area contributed by atoms with E-state index in [1.54, 1.807) is 13.8 Å². The fourth-order valence-electron chi connectivity index (χ4n) is 4.25. The third-order valence-electron chi connectivity index (χ3n) is 6.50. The molecule has 0 bridgehead atoms. The molecule has 1 aromatic heterocycles. The topological polar surface area (TPSA) is 71.5 Å². The Hall–Kier alpha value is -2.89. The smallest absolute Gasteiger partial charge is 0.205 e. The molecule has 3 rings (SSSR count). The van der Waals surface area contributed by atoms with Crippen molar-refractivity contribution >= 4 is 5.78 Å². The molecular weight excluding hydrogens is 367 g/mol. The number of carbonyl (C=O) groups excluding carboxylic acids is 1. The molecule has 29 heavy (non-hydrogen) atoms. The lowest BCUT2D eigenvalue weighted by Gasteiger charge is -2.20. The number of nitrogens with one attached hydrogen (secondary N) is 1. The van der Waals surface area contributed by atoms with Crippen LogP contribution in [0.5, 0.6) is 0 Å². The van der Waals surface area contributed by atoms with Crippen LogP contribution in [0.15, 0.2) is 0 Å². The van der Waals surface area contributed by atoms with E-state index < -0.39 is 0 Å². The number of hydrogen-bond donors (Lipinski definition) is 1. The van der Waals surface area contributed by atoms with Gasteiger partial charge in [0.25, 0.3) is 0 Å². The quantitative estimate of drug-likeness (QED) is 0.639. The Kier molecular flexibility index (Phi) is 5.39. The van der Waals surface area contributed by atoms with Gasteiger partial charge in [-0.05, 0) is 111 Å². The number of carbonyl (C=O) groups is 1. The summed E-state index contributed by atoms with van der Waals surface area (Å²) in [6.07, 6.45) is 0.202. The maximum absolute atomic E-state index is 14.7. The minimum Gasteiger partial charge on any atom is -0.294 e. The van der Waals surface area contributed by atoms with Gasteiger partial charge in [0, 0.05) is 17.5 Å². The maximum atomic E-state index is 14.7. The lowest BCUT2D eigenvalue weighted by atomic mass is 9.84. The summed E-state index contributed by atoms with van der Waals surface area (Å²) in [6, 6.07) is 0. The van der Waals surface area contributed by atoms with E-state index in [1.165, 1.54) is 0 Å². The average molecular weight is 394 g/mol. The van der Waals surface area contributed by atoms with Crippen molar-refractivity contribution in [2.24, 2.45) is 0 Å². The molecule has 0 fully saturated rings. The molecule has 1 N–H and O–H groups in total. The number of tetrazole rings is 1. The van der Waals surface area contributed by atoms with Gasteiger partial charge in [-0.15, -0.1) is 10.2 Å². The summed E-state index contributed by atoms with van der Waals surface area (Å²) in [4.78, 5) is 13.4. The van der Waals surface area contributed by atoms with Crippen LogP contribution in [0.2, 0.25) is 0 Å². The third-order valence-corrected chi connectivity index (χ3v) is 6.50. The fraction of sp³-hybridized carbons (Fsp3) is 0.391. The van der Waals surface area contributed by atoms with Crippen molar-refractivity contribution in [2.45, 2.75) is 61.8 Å². The van der Waals surface area contributed by atoms with Crippen molar-refractivity contribution in [2.75, 3.05) is 0 Å². The molecule has 0 aliphatic heterocycles. The second-order valence-electron chi connectivity index (χ2n) is 7.88. The normalized spacial score (nSPS) is 11.2. The Balaban J connectivity index is 2.17. The van der Waals surface area contributed by atoms with Gasteiger partial charge in [0.1, 0.15) is 5.82 Å². The van der Waals surface area contributed by atoms with Crippen LogP contribution >= 0.6 is 0 Å². The van der Waals surface area contributed by atoms with E-state index in [4.69, 9.17) is 0 Å². The molecule has 2 aromatic carbocycles. The lowest BCUT2D eigenvalue weighted by Crippen LogP contribution is -2.14. The highest BCUT2D eigenvalue weighted by Gasteiger charge is 2.24. The zero-order chi connectivity index (χ0) is 21.6. The molecule has 0 unspecified atom stereocenters. The molecule has 3 aromatic rings. The summed E-state index contributed by atoms with van der Waals surface area (Å²) >= 11 is 0. The molecule has 0 saturated heterocycles. The van der Waals surface area contributed by atoms with Crippen molar-refractivity contribution in [3.8, 4) is 11.4 Å². The lowest BCUT2D eigenvalue weighted by molar-refractivity contribution is 0.0990. The van der Waals surface area contributed by atoms with Gasteiger partial charge in [-0.25, -0.2) is 4.39 Å². The van der Waals surface area contributed by atoms with Gasteiger partial charge in [0.05, 0.1) is 0 Å². The molecule has 1 heterocycles. The van der Waals surface area contributed by atoms with E-state index in [2.05, 4.69) is 20.6 Å². The molecule has 0 aliphatic rings. The molecule has 0 atom stereocenters. The SMILES string of the molecule is Cc1c(C)c(F)c(C)c(C(=O)Cc2c(C)c(C)c(C)c(-c3nn[nH]n3)c2C)c1C. The number of hydrogen-bond acceptors (Lipinski definition) is 4. The minimum atomic E-state index is -0.294. The Bertz CT molecular complexity index is 1100. The Morgan fingerprint density at radius 2 is 1.41 bits per heavy atom. The highest BCUT2D eigenvalue weighted by molar-refractivity contribution is 6.01. The summed E-state index contributed by atoms with van der Waals surface area (Å²) in [7, 11) is 0. The maximum Gasteiger partial charge on any atom is 0.205 e. The summed E-state index contributed by atoms with van der Waals surface area (Å²) in [5.74, 6) is 0.148. The Labute approximate surface area is 170 Å². The van der Waals surface area contributed by atoms with Crippen molar-refractivity contribution in [1.29, 1.82) is 0 Å². The van der Waals surface area contributed by atoms with Crippen molar-refractivity contribution < 1.29 is 9.18 Å². The van der Waals surface area contributed by atoms with E-state index in [0.717, 1.165) is 44.5 Å². The fourth-order valence-corrected chi connectivity index (χ4v) is 4.25. The van der Waals surface area contributed by atoms with Crippen LogP contribution < -0.4 is 0 Å². The van der Waals surface area contributed by atoms with Gasteiger partial charge in [-0.3, -0.25) is 4.79 Å². The van der Waals surface area contributed by atoms with Gasteiger partial charge < -0.3 is 0 Å². The molecular formula is C23H27FN4O. The molecule has 5 nitrogen and oxygen atoms in total. The largest absolute Gasteiger partial charge is 0.294 e. The first-order valence-electron chi connectivity index (χ1n) is 9.69. The van der Waals surface area contributed by atoms with Crippen LogP contribution in [-0.2, 0) is 6.42 Å². The molecule has 0 amide bonds. The van der Waals surface area contributed by atoms with Crippen molar-refractivity contribution in [3.63, 3.8) is 0 Å². The molecule has 6 heteroatoms. The zero-order valence-electron chi connectivity index (χ0n) is 18.3. The summed E-state index contributed by atoms with van der Waals surface area (Å²) < 4.78 is 14.7. The third kappa shape index (κ3) is 3.26. The number of ketones is 1. The van der Waals surface area contributed by atoms with Crippen LogP contribution in [0.1, 0.15) is 60.4 Å². The predicted octanol–water partition coefficient (Wildman–Crippen LogP) is 4.90. The van der Waals surface area contributed by atoms with Gasteiger partial charge in [-0.1, -0.05) is 0 Å². The second-order valence-corrected chi connectivity index (χ2v) is 7.88. The van der Waals surface area contributed by atoms with Crippen LogP contribution in [0.25, 0.3) is 11.4 Å². The summed E-state index contributed by atoms with van der Waals surface area (Å²) in [5.41, 5.74) is 9.23. The van der Waals surface area contributed by atoms with Gasteiger partial charge >= 0.3 is 0 Å². The van der Waals surface area contributed by atoms with E-state index in [1.807, 2.05) is 41.5 Å². The molecule has 0 spiro atoms. The van der Waals surface area contributed by atoms with Gasteiger partial charge in [0.15, 0.2) is 5.78 Å². The highest BCUT2D eigenvalue weighted by atomic mass is 19.1. The molecule has 0 radical (unpaired) electrons. The van der Waals surface area contributed by atoms with Crippen LogP contribution in [-0.4, -0.2) is 26.4 Å². The number of halogens is 1. The number of aromatic nitrogens is 4. The molecule has 0 aliphatic carbocycles. The number of nitrogens with zero attached hydrogens (tertiary/aromatic N) is 3. The highest BCUT2D eigenvalue weighted by Crippen LogP contribution is 2.34. The van der Waals surface area contributed by atoms with Crippen molar-refractivity contribution in [1.82, 2.24) is 20.6 Å². The minimum absolute atomic E-state index is 0.0736. The number of Topliss-reactive ketones (excluding diaryl/α,β-unsaturated/α-hetero) is 1. The summed E-state index contributed by atoms with van der Waals surface area (Å²) in [6.45, 7) is 15.3. The Morgan fingerprint density at radius 3 is 2.00 bits per heavy atom.